The number of hydrogen-bond acceptors (Lipinski definition) is 4. The number of carbonyl (C=O) groups is 2. The predicted octanol–water partition coefficient (Wildman–Crippen LogP) is 3.95. The van der Waals surface area contributed by atoms with Crippen LogP contribution in [0.2, 0.25) is 0 Å². The Kier molecular flexibility index (Phi) is 4.78. The number of rotatable bonds is 5. The molecule has 2 N–H and O–H groups in total. The summed E-state index contributed by atoms with van der Waals surface area (Å²) < 4.78 is 1.78. The second-order valence-corrected chi connectivity index (χ2v) is 6.71. The summed E-state index contributed by atoms with van der Waals surface area (Å²) in [6.07, 6.45) is 3.21. The number of benzene rings is 2. The summed E-state index contributed by atoms with van der Waals surface area (Å²) in [6.45, 7) is 2.20. The summed E-state index contributed by atoms with van der Waals surface area (Å²) in [5.74, 6) is 0. The highest BCUT2D eigenvalue weighted by Crippen LogP contribution is 2.29. The van der Waals surface area contributed by atoms with Crippen LogP contribution in [0, 0.1) is 6.92 Å². The number of aryl methyl sites for hydroxylation is 1. The first-order chi connectivity index (χ1) is 14.0. The van der Waals surface area contributed by atoms with Crippen LogP contribution in [-0.2, 0) is 6.54 Å². The standard InChI is InChI=1S/C22H18N4O3/c1-14-8-17(6-7-18(14)10-23-22(28)29)21-20-9-19(11-26(20)25-13-24-21)16-4-2-15(12-27)3-5-16/h2-9,11-13,23H,10H2,1H3,(H,28,29). The number of aldehydes is 1. The van der Waals surface area contributed by atoms with E-state index in [9.17, 15) is 9.59 Å². The molecular formula is C22H18N4O3. The van der Waals surface area contributed by atoms with E-state index >= 15 is 0 Å². The first kappa shape index (κ1) is 18.4. The van der Waals surface area contributed by atoms with Gasteiger partial charge in [0.1, 0.15) is 12.6 Å². The van der Waals surface area contributed by atoms with Gasteiger partial charge in [-0.25, -0.2) is 14.3 Å². The maximum absolute atomic E-state index is 10.9. The van der Waals surface area contributed by atoms with Crippen molar-refractivity contribution in [1.82, 2.24) is 19.9 Å². The average Bonchev–Trinajstić information content (AvgIpc) is 3.17. The molecule has 0 aliphatic rings. The van der Waals surface area contributed by atoms with Crippen molar-refractivity contribution in [2.75, 3.05) is 0 Å². The van der Waals surface area contributed by atoms with Crippen molar-refractivity contribution >= 4 is 17.9 Å². The number of amides is 1. The molecule has 0 aliphatic carbocycles. The second-order valence-electron chi connectivity index (χ2n) is 6.71. The molecule has 0 aliphatic heterocycles. The molecule has 0 saturated carbocycles. The third kappa shape index (κ3) is 3.70. The van der Waals surface area contributed by atoms with Crippen molar-refractivity contribution in [3.63, 3.8) is 0 Å². The third-order valence-electron chi connectivity index (χ3n) is 4.83. The van der Waals surface area contributed by atoms with E-state index in [2.05, 4.69) is 15.4 Å². The van der Waals surface area contributed by atoms with Crippen molar-refractivity contribution in [2.24, 2.45) is 0 Å². The fourth-order valence-electron chi connectivity index (χ4n) is 3.28. The Morgan fingerprint density at radius 2 is 1.86 bits per heavy atom. The molecule has 0 fully saturated rings. The van der Waals surface area contributed by atoms with Crippen LogP contribution in [0.5, 0.6) is 0 Å². The van der Waals surface area contributed by atoms with Gasteiger partial charge in [-0.15, -0.1) is 0 Å². The Labute approximate surface area is 166 Å². The van der Waals surface area contributed by atoms with E-state index in [-0.39, 0.29) is 6.54 Å². The van der Waals surface area contributed by atoms with Gasteiger partial charge in [0.2, 0.25) is 0 Å². The van der Waals surface area contributed by atoms with Gasteiger partial charge < -0.3 is 10.4 Å². The third-order valence-corrected chi connectivity index (χ3v) is 4.83. The minimum absolute atomic E-state index is 0.257. The van der Waals surface area contributed by atoms with Crippen molar-refractivity contribution in [1.29, 1.82) is 0 Å². The van der Waals surface area contributed by atoms with Crippen LogP contribution < -0.4 is 5.32 Å². The van der Waals surface area contributed by atoms with Crippen LogP contribution in [-0.4, -0.2) is 32.1 Å². The molecule has 2 heterocycles. The van der Waals surface area contributed by atoms with Gasteiger partial charge in [0, 0.05) is 29.4 Å². The summed E-state index contributed by atoms with van der Waals surface area (Å²) in [7, 11) is 0. The molecule has 2 aromatic carbocycles. The second kappa shape index (κ2) is 7.55. The summed E-state index contributed by atoms with van der Waals surface area (Å²) in [4.78, 5) is 26.1. The van der Waals surface area contributed by atoms with Crippen LogP contribution in [0.15, 0.2) is 61.1 Å². The van der Waals surface area contributed by atoms with E-state index in [0.717, 1.165) is 45.3 Å². The molecule has 0 radical (unpaired) electrons. The van der Waals surface area contributed by atoms with Crippen molar-refractivity contribution in [2.45, 2.75) is 13.5 Å². The average molecular weight is 386 g/mol. The molecule has 7 nitrogen and oxygen atoms in total. The Balaban J connectivity index is 1.72. The fraction of sp³-hybridized carbons (Fsp3) is 0.0909. The largest absolute Gasteiger partial charge is 0.465 e. The number of aromatic nitrogens is 3. The zero-order chi connectivity index (χ0) is 20.4. The fourth-order valence-corrected chi connectivity index (χ4v) is 3.28. The molecule has 4 aromatic rings. The molecular weight excluding hydrogens is 368 g/mol. The summed E-state index contributed by atoms with van der Waals surface area (Å²) in [6, 6.07) is 15.2. The lowest BCUT2D eigenvalue weighted by Crippen LogP contribution is -2.20. The maximum atomic E-state index is 10.9. The maximum Gasteiger partial charge on any atom is 0.404 e. The minimum Gasteiger partial charge on any atom is -0.465 e. The predicted molar refractivity (Wildman–Crippen MR) is 109 cm³/mol. The number of nitrogens with zero attached hydrogens (tertiary/aromatic N) is 3. The van der Waals surface area contributed by atoms with E-state index in [0.29, 0.717) is 5.56 Å². The number of hydrogen-bond donors (Lipinski definition) is 2. The van der Waals surface area contributed by atoms with Gasteiger partial charge in [0.15, 0.2) is 0 Å². The molecule has 0 unspecified atom stereocenters. The molecule has 0 bridgehead atoms. The molecule has 1 amide bonds. The molecule has 0 saturated heterocycles. The summed E-state index contributed by atoms with van der Waals surface area (Å²) >= 11 is 0. The molecule has 144 valence electrons. The van der Waals surface area contributed by atoms with Gasteiger partial charge in [0.05, 0.1) is 11.2 Å². The Hall–Kier alpha value is -4.00. The lowest BCUT2D eigenvalue weighted by Gasteiger charge is -2.09. The van der Waals surface area contributed by atoms with Gasteiger partial charge in [-0.2, -0.15) is 5.10 Å². The first-order valence-corrected chi connectivity index (χ1v) is 9.01. The highest BCUT2D eigenvalue weighted by Gasteiger charge is 2.12. The number of carbonyl (C=O) groups excluding carboxylic acids is 1. The Morgan fingerprint density at radius 3 is 2.55 bits per heavy atom. The lowest BCUT2D eigenvalue weighted by molar-refractivity contribution is 0.112. The molecule has 2 aromatic heterocycles. The number of fused-ring (bicyclic) bond motifs is 1. The lowest BCUT2D eigenvalue weighted by atomic mass is 10.0. The van der Waals surface area contributed by atoms with E-state index < -0.39 is 6.09 Å². The Morgan fingerprint density at radius 1 is 1.10 bits per heavy atom. The van der Waals surface area contributed by atoms with Gasteiger partial charge in [-0.1, -0.05) is 36.4 Å². The van der Waals surface area contributed by atoms with Crippen molar-refractivity contribution < 1.29 is 14.7 Å². The number of carboxylic acid groups (broad SMARTS) is 1. The zero-order valence-corrected chi connectivity index (χ0v) is 15.7. The Bertz CT molecular complexity index is 1210. The molecule has 0 atom stereocenters. The molecule has 4 rings (SSSR count). The van der Waals surface area contributed by atoms with Crippen LogP contribution >= 0.6 is 0 Å². The number of nitrogens with one attached hydrogen (secondary N) is 1. The van der Waals surface area contributed by atoms with Gasteiger partial charge in [-0.05, 0) is 35.7 Å². The van der Waals surface area contributed by atoms with E-state index in [1.165, 1.54) is 6.33 Å². The summed E-state index contributed by atoms with van der Waals surface area (Å²) in [5, 5.41) is 15.5. The highest BCUT2D eigenvalue weighted by atomic mass is 16.4. The van der Waals surface area contributed by atoms with Crippen LogP contribution in [0.4, 0.5) is 4.79 Å². The normalized spacial score (nSPS) is 10.8. The van der Waals surface area contributed by atoms with Crippen LogP contribution in [0.3, 0.4) is 0 Å². The summed E-state index contributed by atoms with van der Waals surface area (Å²) in [5.41, 5.74) is 7.05. The van der Waals surface area contributed by atoms with Crippen molar-refractivity contribution in [3.05, 3.63) is 77.7 Å². The smallest absolute Gasteiger partial charge is 0.404 e. The van der Waals surface area contributed by atoms with Crippen LogP contribution in [0.1, 0.15) is 21.5 Å². The monoisotopic (exact) mass is 386 g/mol. The minimum atomic E-state index is -1.05. The quantitative estimate of drug-likeness (QED) is 0.506. The SMILES string of the molecule is Cc1cc(-c2ncnn3cc(-c4ccc(C=O)cc4)cc23)ccc1CNC(=O)O. The van der Waals surface area contributed by atoms with E-state index in [1.807, 2.05) is 49.5 Å². The topological polar surface area (TPSA) is 96.6 Å². The molecule has 29 heavy (non-hydrogen) atoms. The zero-order valence-electron chi connectivity index (χ0n) is 15.7. The van der Waals surface area contributed by atoms with Gasteiger partial charge in [-0.3, -0.25) is 4.79 Å². The van der Waals surface area contributed by atoms with Crippen molar-refractivity contribution in [3.8, 4) is 22.4 Å². The molecule has 0 spiro atoms. The molecule has 7 heteroatoms. The van der Waals surface area contributed by atoms with Gasteiger partial charge in [0.25, 0.3) is 0 Å². The first-order valence-electron chi connectivity index (χ1n) is 9.01. The van der Waals surface area contributed by atoms with E-state index in [1.54, 1.807) is 16.6 Å². The van der Waals surface area contributed by atoms with Gasteiger partial charge >= 0.3 is 6.09 Å². The van der Waals surface area contributed by atoms with Crippen LogP contribution in [0.25, 0.3) is 27.9 Å². The highest BCUT2D eigenvalue weighted by molar-refractivity contribution is 5.83. The van der Waals surface area contributed by atoms with E-state index in [4.69, 9.17) is 5.11 Å².